The zero-order valence-corrected chi connectivity index (χ0v) is 17.4. The molecular weight excluding hydrogens is 432 g/mol. The lowest BCUT2D eigenvalue weighted by atomic mass is 10.0. The number of carbonyl (C=O) groups is 1. The van der Waals surface area contributed by atoms with E-state index in [4.69, 9.17) is 9.15 Å². The van der Waals surface area contributed by atoms with Gasteiger partial charge in [-0.05, 0) is 55.8 Å². The Labute approximate surface area is 175 Å². The highest BCUT2D eigenvalue weighted by molar-refractivity contribution is 9.10. The van der Waals surface area contributed by atoms with Gasteiger partial charge in [-0.3, -0.25) is 4.79 Å². The summed E-state index contributed by atoms with van der Waals surface area (Å²) in [5, 5.41) is 0.434. The molecule has 0 bridgehead atoms. The van der Waals surface area contributed by atoms with Crippen molar-refractivity contribution < 1.29 is 13.9 Å². The van der Waals surface area contributed by atoms with E-state index in [9.17, 15) is 9.59 Å². The molecule has 0 radical (unpaired) electrons. The third kappa shape index (κ3) is 3.87. The van der Waals surface area contributed by atoms with Crippen molar-refractivity contribution in [3.8, 4) is 16.9 Å². The summed E-state index contributed by atoms with van der Waals surface area (Å²) in [5.41, 5.74) is 3.00. The van der Waals surface area contributed by atoms with Crippen LogP contribution < -0.4 is 10.2 Å². The van der Waals surface area contributed by atoms with Gasteiger partial charge in [0.05, 0.1) is 16.5 Å². The number of rotatable bonds is 3. The van der Waals surface area contributed by atoms with Crippen molar-refractivity contribution in [2.75, 3.05) is 0 Å². The molecule has 5 heteroatoms. The quantitative estimate of drug-likeness (QED) is 0.282. The summed E-state index contributed by atoms with van der Waals surface area (Å²) in [7, 11) is 0. The Balaban J connectivity index is 1.72. The second-order valence-electron chi connectivity index (χ2n) is 6.79. The van der Waals surface area contributed by atoms with Crippen LogP contribution in [0.4, 0.5) is 0 Å². The predicted octanol–water partition coefficient (Wildman–Crippen LogP) is 6.06. The molecule has 0 aliphatic heterocycles. The molecule has 1 aromatic heterocycles. The fourth-order valence-electron chi connectivity index (χ4n) is 3.24. The monoisotopic (exact) mass is 448 g/mol. The summed E-state index contributed by atoms with van der Waals surface area (Å²) < 4.78 is 12.3. The number of ether oxygens (including phenoxy) is 1. The molecule has 0 unspecified atom stereocenters. The van der Waals surface area contributed by atoms with E-state index < -0.39 is 5.97 Å². The number of hydrogen-bond acceptors (Lipinski definition) is 4. The van der Waals surface area contributed by atoms with E-state index in [1.54, 1.807) is 43.3 Å². The van der Waals surface area contributed by atoms with Crippen molar-refractivity contribution in [1.82, 2.24) is 0 Å². The van der Waals surface area contributed by atoms with Gasteiger partial charge in [0.1, 0.15) is 17.1 Å². The SMILES string of the molecule is Cc1cccc(C(=O)Oc2ccc3c(=O)c(-c4ccc(Br)cc4)c(C)oc3c2)c1. The van der Waals surface area contributed by atoms with Crippen LogP contribution in [0.5, 0.6) is 5.75 Å². The fourth-order valence-corrected chi connectivity index (χ4v) is 3.50. The van der Waals surface area contributed by atoms with E-state index in [0.717, 1.165) is 15.6 Å². The van der Waals surface area contributed by atoms with Crippen LogP contribution in [-0.4, -0.2) is 5.97 Å². The minimum absolute atomic E-state index is 0.123. The third-order valence-electron chi connectivity index (χ3n) is 4.64. The van der Waals surface area contributed by atoms with E-state index in [-0.39, 0.29) is 5.43 Å². The first-order valence-corrected chi connectivity index (χ1v) is 9.84. The molecule has 1 heterocycles. The Morgan fingerprint density at radius 1 is 0.966 bits per heavy atom. The number of aryl methyl sites for hydroxylation is 2. The number of carbonyl (C=O) groups excluding carboxylic acids is 1. The van der Waals surface area contributed by atoms with E-state index in [2.05, 4.69) is 15.9 Å². The van der Waals surface area contributed by atoms with E-state index in [1.165, 1.54) is 0 Å². The molecule has 0 amide bonds. The van der Waals surface area contributed by atoms with Crippen LogP contribution >= 0.6 is 15.9 Å². The first-order valence-electron chi connectivity index (χ1n) is 9.04. The molecule has 0 aliphatic rings. The van der Waals surface area contributed by atoms with Crippen molar-refractivity contribution in [3.05, 3.63) is 98.3 Å². The van der Waals surface area contributed by atoms with Crippen LogP contribution in [0.1, 0.15) is 21.7 Å². The highest BCUT2D eigenvalue weighted by Crippen LogP contribution is 2.27. The largest absolute Gasteiger partial charge is 0.460 e. The first kappa shape index (κ1) is 19.2. The average Bonchev–Trinajstić information content (AvgIpc) is 2.69. The maximum Gasteiger partial charge on any atom is 0.343 e. The Hall–Kier alpha value is -3.18. The Morgan fingerprint density at radius 3 is 2.45 bits per heavy atom. The molecule has 4 nitrogen and oxygen atoms in total. The van der Waals surface area contributed by atoms with Gasteiger partial charge in [0.15, 0.2) is 0 Å². The van der Waals surface area contributed by atoms with E-state index in [0.29, 0.717) is 33.6 Å². The summed E-state index contributed by atoms with van der Waals surface area (Å²) in [5.74, 6) is 0.369. The minimum atomic E-state index is -0.460. The molecule has 4 aromatic rings. The minimum Gasteiger partial charge on any atom is -0.460 e. The molecule has 0 saturated heterocycles. The van der Waals surface area contributed by atoms with Gasteiger partial charge >= 0.3 is 5.97 Å². The lowest BCUT2D eigenvalue weighted by Gasteiger charge is -2.09. The van der Waals surface area contributed by atoms with Gasteiger partial charge in [-0.2, -0.15) is 0 Å². The van der Waals surface area contributed by atoms with Gasteiger partial charge in [-0.25, -0.2) is 4.79 Å². The van der Waals surface area contributed by atoms with Gasteiger partial charge in [-0.15, -0.1) is 0 Å². The fraction of sp³-hybridized carbons (Fsp3) is 0.0833. The van der Waals surface area contributed by atoms with Gasteiger partial charge in [0.2, 0.25) is 5.43 Å². The molecule has 4 rings (SSSR count). The molecule has 0 saturated carbocycles. The van der Waals surface area contributed by atoms with Crippen LogP contribution in [0.25, 0.3) is 22.1 Å². The molecule has 144 valence electrons. The average molecular weight is 449 g/mol. The zero-order chi connectivity index (χ0) is 20.5. The molecule has 3 aromatic carbocycles. The van der Waals surface area contributed by atoms with Gasteiger partial charge in [0, 0.05) is 10.5 Å². The molecule has 0 spiro atoms. The van der Waals surface area contributed by atoms with Crippen LogP contribution in [0.2, 0.25) is 0 Å². The molecule has 0 aliphatic carbocycles. The molecule has 0 fully saturated rings. The van der Waals surface area contributed by atoms with Crippen molar-refractivity contribution in [2.24, 2.45) is 0 Å². The van der Waals surface area contributed by atoms with Crippen LogP contribution in [0.15, 0.2) is 80.4 Å². The summed E-state index contributed by atoms with van der Waals surface area (Å²) in [6.07, 6.45) is 0. The Bertz CT molecular complexity index is 1290. The third-order valence-corrected chi connectivity index (χ3v) is 5.17. The van der Waals surface area contributed by atoms with Crippen molar-refractivity contribution in [1.29, 1.82) is 0 Å². The van der Waals surface area contributed by atoms with Gasteiger partial charge in [-0.1, -0.05) is 45.8 Å². The topological polar surface area (TPSA) is 56.5 Å². The van der Waals surface area contributed by atoms with Crippen molar-refractivity contribution in [3.63, 3.8) is 0 Å². The van der Waals surface area contributed by atoms with E-state index in [1.807, 2.05) is 37.3 Å². The van der Waals surface area contributed by atoms with Crippen molar-refractivity contribution in [2.45, 2.75) is 13.8 Å². The Kier molecular flexibility index (Phi) is 5.07. The van der Waals surface area contributed by atoms with Crippen LogP contribution in [0, 0.1) is 13.8 Å². The predicted molar refractivity (Wildman–Crippen MR) is 116 cm³/mol. The van der Waals surface area contributed by atoms with E-state index >= 15 is 0 Å². The number of fused-ring (bicyclic) bond motifs is 1. The first-order chi connectivity index (χ1) is 13.9. The van der Waals surface area contributed by atoms with Crippen LogP contribution in [0.3, 0.4) is 0 Å². The van der Waals surface area contributed by atoms with Crippen molar-refractivity contribution >= 4 is 32.9 Å². The number of benzene rings is 3. The molecule has 29 heavy (non-hydrogen) atoms. The lowest BCUT2D eigenvalue weighted by molar-refractivity contribution is 0.0735. The maximum absolute atomic E-state index is 13.0. The Morgan fingerprint density at radius 2 is 1.72 bits per heavy atom. The molecule has 0 N–H and O–H groups in total. The second kappa shape index (κ2) is 7.68. The zero-order valence-electron chi connectivity index (χ0n) is 15.9. The summed E-state index contributed by atoms with van der Waals surface area (Å²) in [6.45, 7) is 3.66. The van der Waals surface area contributed by atoms with Gasteiger partial charge in [0.25, 0.3) is 0 Å². The smallest absolute Gasteiger partial charge is 0.343 e. The number of hydrogen-bond donors (Lipinski definition) is 0. The summed E-state index contributed by atoms with van der Waals surface area (Å²) in [4.78, 5) is 25.4. The standard InChI is InChI=1S/C24H17BrO4/c1-14-4-3-5-17(12-14)24(27)29-19-10-11-20-21(13-19)28-15(2)22(23(20)26)16-6-8-18(25)9-7-16/h3-13H,1-2H3. The highest BCUT2D eigenvalue weighted by atomic mass is 79.9. The van der Waals surface area contributed by atoms with Crippen LogP contribution in [-0.2, 0) is 0 Å². The number of esters is 1. The molecular formula is C24H17BrO4. The van der Waals surface area contributed by atoms with Gasteiger partial charge < -0.3 is 9.15 Å². The summed E-state index contributed by atoms with van der Waals surface area (Å²) in [6, 6.07) is 19.5. The lowest BCUT2D eigenvalue weighted by Crippen LogP contribution is -2.10. The summed E-state index contributed by atoms with van der Waals surface area (Å²) >= 11 is 3.40. The maximum atomic E-state index is 13.0. The number of halogens is 1. The highest BCUT2D eigenvalue weighted by Gasteiger charge is 2.15. The normalized spacial score (nSPS) is 10.9. The molecule has 0 atom stereocenters. The second-order valence-corrected chi connectivity index (χ2v) is 7.70.